The van der Waals surface area contributed by atoms with Gasteiger partial charge in [-0.2, -0.15) is 0 Å². The van der Waals surface area contributed by atoms with Gasteiger partial charge in [-0.3, -0.25) is 0 Å². The molecule has 20 heavy (non-hydrogen) atoms. The lowest BCUT2D eigenvalue weighted by Gasteiger charge is -2.20. The Morgan fingerprint density at radius 1 is 1.20 bits per heavy atom. The van der Waals surface area contributed by atoms with Crippen LogP contribution in [0.5, 0.6) is 0 Å². The zero-order valence-electron chi connectivity index (χ0n) is 11.0. The molecule has 0 saturated carbocycles. The summed E-state index contributed by atoms with van der Waals surface area (Å²) in [4.78, 5) is 0. The molecule has 2 atom stereocenters. The number of hydrogen-bond acceptors (Lipinski definition) is 1. The van der Waals surface area contributed by atoms with Crippen molar-refractivity contribution in [2.75, 3.05) is 0 Å². The van der Waals surface area contributed by atoms with E-state index < -0.39 is 6.10 Å². The molecule has 1 aliphatic rings. The summed E-state index contributed by atoms with van der Waals surface area (Å²) < 4.78 is 14.0. The molecule has 104 valence electrons. The average molecular weight is 335 g/mol. The second-order valence-corrected chi connectivity index (χ2v) is 6.12. The number of benzene rings is 2. The first-order chi connectivity index (χ1) is 9.66. The lowest BCUT2D eigenvalue weighted by Crippen LogP contribution is -2.19. The van der Waals surface area contributed by atoms with Crippen molar-refractivity contribution in [3.05, 3.63) is 69.4 Å². The first-order valence-electron chi connectivity index (χ1n) is 6.85. The third-order valence-corrected chi connectivity index (χ3v) is 4.99. The molecule has 0 amide bonds. The molecule has 0 spiro atoms. The summed E-state index contributed by atoms with van der Waals surface area (Å²) in [6, 6.07) is 13.2. The molecule has 0 aliphatic heterocycles. The van der Waals surface area contributed by atoms with Crippen LogP contribution in [0.4, 0.5) is 4.39 Å². The Kier molecular flexibility index (Phi) is 3.90. The van der Waals surface area contributed by atoms with E-state index in [-0.39, 0.29) is 11.7 Å². The number of aliphatic hydroxyl groups excluding tert-OH is 1. The highest BCUT2D eigenvalue weighted by molar-refractivity contribution is 9.10. The molecule has 1 N–H and O–H groups in total. The van der Waals surface area contributed by atoms with Crippen LogP contribution in [0.2, 0.25) is 0 Å². The van der Waals surface area contributed by atoms with Crippen LogP contribution >= 0.6 is 15.9 Å². The van der Waals surface area contributed by atoms with E-state index in [9.17, 15) is 9.50 Å². The lowest BCUT2D eigenvalue weighted by atomic mass is 9.91. The third-order valence-electron chi connectivity index (χ3n) is 4.10. The van der Waals surface area contributed by atoms with Crippen LogP contribution in [-0.2, 0) is 12.8 Å². The van der Waals surface area contributed by atoms with Crippen molar-refractivity contribution in [2.24, 2.45) is 0 Å². The molecule has 3 heteroatoms. The van der Waals surface area contributed by atoms with Gasteiger partial charge in [0.1, 0.15) is 5.82 Å². The second-order valence-electron chi connectivity index (χ2n) is 5.33. The topological polar surface area (TPSA) is 20.2 Å². The molecule has 3 rings (SSSR count). The van der Waals surface area contributed by atoms with Crippen molar-refractivity contribution in [2.45, 2.75) is 31.3 Å². The van der Waals surface area contributed by atoms with Crippen LogP contribution in [0.1, 0.15) is 29.0 Å². The minimum absolute atomic E-state index is 0.154. The molecular formula is C17H16BrFO. The Hall–Kier alpha value is -1.19. The van der Waals surface area contributed by atoms with Gasteiger partial charge in [-0.25, -0.2) is 4.39 Å². The van der Waals surface area contributed by atoms with Gasteiger partial charge in [0, 0.05) is 12.3 Å². The van der Waals surface area contributed by atoms with Gasteiger partial charge in [0.15, 0.2) is 0 Å². The number of fused-ring (bicyclic) bond motifs is 1. The second kappa shape index (κ2) is 5.66. The molecule has 0 bridgehead atoms. The predicted molar refractivity (Wildman–Crippen MR) is 81.3 cm³/mol. The standard InChI is InChI=1S/C17H16BrFO/c18-17-12(5-3-7-15(17)19)10-16(20)14-9-8-11-4-1-2-6-13(11)14/h1-7,14,16,20H,8-10H2. The monoisotopic (exact) mass is 334 g/mol. The van der Waals surface area contributed by atoms with Crippen LogP contribution in [-0.4, -0.2) is 11.2 Å². The van der Waals surface area contributed by atoms with Gasteiger partial charge < -0.3 is 5.11 Å². The predicted octanol–water partition coefficient (Wildman–Crippen LogP) is 4.22. The number of halogens is 2. The Bertz CT molecular complexity index is 626. The highest BCUT2D eigenvalue weighted by Gasteiger charge is 2.28. The molecule has 1 nitrogen and oxygen atoms in total. The van der Waals surface area contributed by atoms with Crippen LogP contribution in [0, 0.1) is 5.82 Å². The summed E-state index contributed by atoms with van der Waals surface area (Å²) in [5.41, 5.74) is 3.39. The van der Waals surface area contributed by atoms with E-state index >= 15 is 0 Å². The van der Waals surface area contributed by atoms with Crippen molar-refractivity contribution in [3.63, 3.8) is 0 Å². The van der Waals surface area contributed by atoms with Gasteiger partial charge in [-0.1, -0.05) is 36.4 Å². The zero-order chi connectivity index (χ0) is 14.1. The van der Waals surface area contributed by atoms with Crippen molar-refractivity contribution >= 4 is 15.9 Å². The Labute approximate surface area is 126 Å². The fraction of sp³-hybridized carbons (Fsp3) is 0.294. The quantitative estimate of drug-likeness (QED) is 0.890. The Morgan fingerprint density at radius 3 is 2.85 bits per heavy atom. The van der Waals surface area contributed by atoms with E-state index in [4.69, 9.17) is 0 Å². The highest BCUT2D eigenvalue weighted by Crippen LogP contribution is 2.37. The van der Waals surface area contributed by atoms with Gasteiger partial charge >= 0.3 is 0 Å². The first kappa shape index (κ1) is 13.8. The van der Waals surface area contributed by atoms with E-state index in [1.807, 2.05) is 18.2 Å². The van der Waals surface area contributed by atoms with Gasteiger partial charge in [0.2, 0.25) is 0 Å². The molecule has 2 unspecified atom stereocenters. The molecule has 0 heterocycles. The number of hydrogen-bond donors (Lipinski definition) is 1. The van der Waals surface area contributed by atoms with Crippen LogP contribution < -0.4 is 0 Å². The smallest absolute Gasteiger partial charge is 0.137 e. The summed E-state index contributed by atoms with van der Waals surface area (Å²) in [5, 5.41) is 10.5. The summed E-state index contributed by atoms with van der Waals surface area (Å²) in [7, 11) is 0. The Morgan fingerprint density at radius 2 is 2.00 bits per heavy atom. The third kappa shape index (κ3) is 2.52. The normalized spacial score (nSPS) is 18.9. The van der Waals surface area contributed by atoms with Crippen molar-refractivity contribution in [1.29, 1.82) is 0 Å². The first-order valence-corrected chi connectivity index (χ1v) is 7.65. The van der Waals surface area contributed by atoms with Gasteiger partial charge in [-0.05, 0) is 51.5 Å². The van der Waals surface area contributed by atoms with E-state index in [1.165, 1.54) is 17.2 Å². The van der Waals surface area contributed by atoms with Crippen molar-refractivity contribution in [3.8, 4) is 0 Å². The highest BCUT2D eigenvalue weighted by atomic mass is 79.9. The Balaban J connectivity index is 1.81. The van der Waals surface area contributed by atoms with E-state index in [0.29, 0.717) is 10.9 Å². The van der Waals surface area contributed by atoms with E-state index in [1.54, 1.807) is 6.07 Å². The van der Waals surface area contributed by atoms with Gasteiger partial charge in [0.25, 0.3) is 0 Å². The maximum absolute atomic E-state index is 13.5. The molecule has 2 aromatic rings. The minimum atomic E-state index is -0.475. The number of aryl methyl sites for hydroxylation is 1. The fourth-order valence-corrected chi connectivity index (χ4v) is 3.49. The summed E-state index contributed by atoms with van der Waals surface area (Å²) in [6.45, 7) is 0. The van der Waals surface area contributed by atoms with Gasteiger partial charge in [0.05, 0.1) is 10.6 Å². The summed E-state index contributed by atoms with van der Waals surface area (Å²) in [6.07, 6.45) is 1.98. The van der Waals surface area contributed by atoms with Crippen molar-refractivity contribution in [1.82, 2.24) is 0 Å². The van der Waals surface area contributed by atoms with Crippen molar-refractivity contribution < 1.29 is 9.50 Å². The van der Waals surface area contributed by atoms with Gasteiger partial charge in [-0.15, -0.1) is 0 Å². The van der Waals surface area contributed by atoms with Crippen LogP contribution in [0.25, 0.3) is 0 Å². The lowest BCUT2D eigenvalue weighted by molar-refractivity contribution is 0.143. The maximum atomic E-state index is 13.5. The average Bonchev–Trinajstić information content (AvgIpc) is 2.88. The molecule has 2 aromatic carbocycles. The molecule has 1 aliphatic carbocycles. The molecule has 0 radical (unpaired) electrons. The number of rotatable bonds is 3. The van der Waals surface area contributed by atoms with Crippen LogP contribution in [0.3, 0.4) is 0 Å². The fourth-order valence-electron chi connectivity index (χ4n) is 3.06. The zero-order valence-corrected chi connectivity index (χ0v) is 12.6. The molecular weight excluding hydrogens is 319 g/mol. The van der Waals surface area contributed by atoms with E-state index in [0.717, 1.165) is 18.4 Å². The largest absolute Gasteiger partial charge is 0.392 e. The molecule has 0 fully saturated rings. The molecule has 0 saturated heterocycles. The van der Waals surface area contributed by atoms with Crippen LogP contribution in [0.15, 0.2) is 46.9 Å². The minimum Gasteiger partial charge on any atom is -0.392 e. The molecule has 0 aromatic heterocycles. The SMILES string of the molecule is OC(Cc1cccc(F)c1Br)C1CCc2ccccc21. The maximum Gasteiger partial charge on any atom is 0.137 e. The summed E-state index contributed by atoms with van der Waals surface area (Å²) in [5.74, 6) is -0.122. The number of aliphatic hydroxyl groups is 1. The van der Waals surface area contributed by atoms with E-state index in [2.05, 4.69) is 28.1 Å². The summed E-state index contributed by atoms with van der Waals surface area (Å²) >= 11 is 3.26.